The van der Waals surface area contributed by atoms with Gasteiger partial charge in [0.1, 0.15) is 0 Å². The summed E-state index contributed by atoms with van der Waals surface area (Å²) in [7, 11) is 0. The van der Waals surface area contributed by atoms with Gasteiger partial charge in [-0.25, -0.2) is 4.99 Å². The number of hydrogen-bond donors (Lipinski definition) is 2. The zero-order chi connectivity index (χ0) is 15.4. The summed E-state index contributed by atoms with van der Waals surface area (Å²) in [4.78, 5) is 32.3. The van der Waals surface area contributed by atoms with Gasteiger partial charge < -0.3 is 5.73 Å². The first-order valence-electron chi connectivity index (χ1n) is 6.32. The van der Waals surface area contributed by atoms with Gasteiger partial charge in [-0.15, -0.1) is 0 Å². The summed E-state index contributed by atoms with van der Waals surface area (Å²) in [6.45, 7) is 2.27. The molecule has 8 heteroatoms. The number of carbonyl (C=O) groups excluding carboxylic acids is 2. The van der Waals surface area contributed by atoms with Crippen molar-refractivity contribution >= 4 is 41.0 Å². The quantitative estimate of drug-likeness (QED) is 0.495. The molecule has 0 aromatic heterocycles. The van der Waals surface area contributed by atoms with Gasteiger partial charge in [-0.2, -0.15) is 4.99 Å². The van der Waals surface area contributed by atoms with E-state index in [1.54, 1.807) is 24.3 Å². The molecule has 0 aliphatic carbocycles. The number of nitrogens with one attached hydrogen (secondary N) is 1. The average Bonchev–Trinajstić information content (AvgIpc) is 2.69. The van der Waals surface area contributed by atoms with Crippen molar-refractivity contribution in [3.05, 3.63) is 29.3 Å². The number of amides is 2. The van der Waals surface area contributed by atoms with E-state index >= 15 is 0 Å². The van der Waals surface area contributed by atoms with Crippen LogP contribution in [0.2, 0.25) is 5.02 Å². The maximum Gasteiger partial charge on any atom is 0.319 e. The molecule has 3 N–H and O–H groups in total. The van der Waals surface area contributed by atoms with Gasteiger partial charge >= 0.3 is 11.8 Å². The maximum absolute atomic E-state index is 11.6. The molecule has 110 valence electrons. The fourth-order valence-electron chi connectivity index (χ4n) is 1.74. The second-order valence-electron chi connectivity index (χ2n) is 4.29. The van der Waals surface area contributed by atoms with Crippen LogP contribution in [0.4, 0.5) is 5.69 Å². The Morgan fingerprint density at radius 1 is 1.33 bits per heavy atom. The molecule has 0 atom stereocenters. The lowest BCUT2D eigenvalue weighted by Crippen LogP contribution is -2.34. The molecule has 21 heavy (non-hydrogen) atoms. The van der Waals surface area contributed by atoms with Gasteiger partial charge in [-0.05, 0) is 30.7 Å². The smallest absolute Gasteiger partial charge is 0.319 e. The van der Waals surface area contributed by atoms with Gasteiger partial charge in [-0.1, -0.05) is 18.5 Å². The molecule has 1 aromatic rings. The number of nitrogens with two attached hydrogens (primary N) is 1. The van der Waals surface area contributed by atoms with Gasteiger partial charge in [0.15, 0.2) is 0 Å². The van der Waals surface area contributed by atoms with E-state index in [2.05, 4.69) is 15.3 Å². The number of nitrogens with zero attached hydrogens (tertiary/aromatic N) is 3. The van der Waals surface area contributed by atoms with Crippen molar-refractivity contribution in [3.63, 3.8) is 0 Å². The molecule has 0 radical (unpaired) electrons. The Morgan fingerprint density at radius 2 is 2.00 bits per heavy atom. The van der Waals surface area contributed by atoms with E-state index in [4.69, 9.17) is 17.3 Å². The summed E-state index contributed by atoms with van der Waals surface area (Å²) >= 11 is 5.77. The Labute approximate surface area is 126 Å². The van der Waals surface area contributed by atoms with Crippen molar-refractivity contribution in [3.8, 4) is 0 Å². The number of guanidine groups is 2. The largest absolute Gasteiger partial charge is 0.368 e. The standard InChI is InChI=1S/C13H14ClN5O2/c1-2-7-19-11(21)10(20)17-13(19)18-12(15)16-9-5-3-8(14)4-6-9/h3-6H,2,7H2,1H3,(H3,15,16,17,18,20). The van der Waals surface area contributed by atoms with Crippen LogP contribution in [0.5, 0.6) is 0 Å². The second kappa shape index (κ2) is 6.36. The summed E-state index contributed by atoms with van der Waals surface area (Å²) in [5.74, 6) is -1.33. The summed E-state index contributed by atoms with van der Waals surface area (Å²) in [6.07, 6.45) is 0.688. The monoisotopic (exact) mass is 307 g/mol. The molecule has 0 spiro atoms. The van der Waals surface area contributed by atoms with Crippen LogP contribution < -0.4 is 11.1 Å². The van der Waals surface area contributed by atoms with Crippen molar-refractivity contribution in [2.45, 2.75) is 13.3 Å². The Morgan fingerprint density at radius 3 is 2.62 bits per heavy atom. The van der Waals surface area contributed by atoms with E-state index in [-0.39, 0.29) is 11.9 Å². The van der Waals surface area contributed by atoms with Crippen molar-refractivity contribution in [2.24, 2.45) is 15.7 Å². The number of benzene rings is 1. The van der Waals surface area contributed by atoms with Crippen LogP contribution in [-0.4, -0.2) is 35.2 Å². The minimum Gasteiger partial charge on any atom is -0.368 e. The van der Waals surface area contributed by atoms with E-state index in [1.165, 1.54) is 4.90 Å². The van der Waals surface area contributed by atoms with Gasteiger partial charge in [0.25, 0.3) is 0 Å². The summed E-state index contributed by atoms with van der Waals surface area (Å²) in [5, 5.41) is 2.95. The minimum atomic E-state index is -0.721. The van der Waals surface area contributed by atoms with E-state index < -0.39 is 11.8 Å². The molecule has 1 saturated heterocycles. The molecule has 0 unspecified atom stereocenters. The van der Waals surface area contributed by atoms with E-state index in [0.29, 0.717) is 23.7 Å². The highest BCUT2D eigenvalue weighted by Gasteiger charge is 2.34. The van der Waals surface area contributed by atoms with Gasteiger partial charge in [0, 0.05) is 11.6 Å². The van der Waals surface area contributed by atoms with Crippen LogP contribution in [0.3, 0.4) is 0 Å². The molecular weight excluding hydrogens is 294 g/mol. The topological polar surface area (TPSA) is 100 Å². The third kappa shape index (κ3) is 3.57. The first-order chi connectivity index (χ1) is 10.0. The Kier molecular flexibility index (Phi) is 4.54. The Bertz CT molecular complexity index is 624. The van der Waals surface area contributed by atoms with Gasteiger partial charge in [0.05, 0.1) is 5.69 Å². The van der Waals surface area contributed by atoms with Crippen molar-refractivity contribution in [1.29, 1.82) is 0 Å². The fraction of sp³-hybridized carbons (Fsp3) is 0.231. The molecule has 1 aliphatic rings. The molecule has 0 bridgehead atoms. The Hall–Kier alpha value is -2.41. The molecule has 1 fully saturated rings. The third-order valence-electron chi connectivity index (χ3n) is 2.66. The lowest BCUT2D eigenvalue weighted by molar-refractivity contribution is -0.140. The van der Waals surface area contributed by atoms with E-state index in [1.807, 2.05) is 6.92 Å². The first-order valence-corrected chi connectivity index (χ1v) is 6.70. The lowest BCUT2D eigenvalue weighted by atomic mass is 10.3. The van der Waals surface area contributed by atoms with Crippen LogP contribution in [0.1, 0.15) is 13.3 Å². The van der Waals surface area contributed by atoms with Crippen LogP contribution in [0.15, 0.2) is 34.3 Å². The predicted octanol–water partition coefficient (Wildman–Crippen LogP) is 1.01. The SMILES string of the molecule is CCCN1C(=O)C(=O)N/C1=N\C(N)=Nc1ccc(Cl)cc1. The van der Waals surface area contributed by atoms with Crippen molar-refractivity contribution in [1.82, 2.24) is 10.2 Å². The summed E-state index contributed by atoms with van der Waals surface area (Å²) in [5.41, 5.74) is 6.28. The summed E-state index contributed by atoms with van der Waals surface area (Å²) < 4.78 is 0. The average molecular weight is 308 g/mol. The normalized spacial score (nSPS) is 17.5. The zero-order valence-corrected chi connectivity index (χ0v) is 12.1. The van der Waals surface area contributed by atoms with Gasteiger partial charge in [-0.3, -0.25) is 19.8 Å². The molecular formula is C13H14ClN5O2. The number of rotatable bonds is 3. The molecule has 0 saturated carbocycles. The molecule has 1 heterocycles. The predicted molar refractivity (Wildman–Crippen MR) is 80.3 cm³/mol. The number of aliphatic imine (C=N–C) groups is 2. The highest BCUT2D eigenvalue weighted by atomic mass is 35.5. The van der Waals surface area contributed by atoms with Crippen molar-refractivity contribution < 1.29 is 9.59 Å². The highest BCUT2D eigenvalue weighted by molar-refractivity contribution is 6.45. The fourth-order valence-corrected chi connectivity index (χ4v) is 1.87. The first kappa shape index (κ1) is 15.0. The Balaban J connectivity index is 2.22. The van der Waals surface area contributed by atoms with Crippen LogP contribution in [-0.2, 0) is 9.59 Å². The van der Waals surface area contributed by atoms with E-state index in [0.717, 1.165) is 0 Å². The number of carbonyl (C=O) groups is 2. The third-order valence-corrected chi connectivity index (χ3v) is 2.91. The zero-order valence-electron chi connectivity index (χ0n) is 11.3. The van der Waals surface area contributed by atoms with Crippen molar-refractivity contribution in [2.75, 3.05) is 6.54 Å². The lowest BCUT2D eigenvalue weighted by Gasteiger charge is -2.12. The van der Waals surface area contributed by atoms with Crippen LogP contribution in [0, 0.1) is 0 Å². The van der Waals surface area contributed by atoms with Crippen LogP contribution >= 0.6 is 11.6 Å². The maximum atomic E-state index is 11.6. The molecule has 7 nitrogen and oxygen atoms in total. The molecule has 2 amide bonds. The summed E-state index contributed by atoms with van der Waals surface area (Å²) in [6, 6.07) is 6.70. The van der Waals surface area contributed by atoms with Crippen LogP contribution in [0.25, 0.3) is 0 Å². The van der Waals surface area contributed by atoms with Gasteiger partial charge in [0.2, 0.25) is 11.9 Å². The molecule has 2 rings (SSSR count). The number of hydrogen-bond acceptors (Lipinski definition) is 3. The molecule has 1 aromatic carbocycles. The molecule has 1 aliphatic heterocycles. The van der Waals surface area contributed by atoms with E-state index in [9.17, 15) is 9.59 Å². The second-order valence-corrected chi connectivity index (χ2v) is 4.73. The highest BCUT2D eigenvalue weighted by Crippen LogP contribution is 2.16. The minimum absolute atomic E-state index is 0.0663. The number of halogens is 1.